The molecule has 0 atom stereocenters. The van der Waals surface area contributed by atoms with E-state index < -0.39 is 4.92 Å². The Morgan fingerprint density at radius 3 is 2.52 bits per heavy atom. The first kappa shape index (κ1) is 19.6. The Bertz CT molecular complexity index is 451. The van der Waals surface area contributed by atoms with E-state index in [4.69, 9.17) is 4.74 Å². The van der Waals surface area contributed by atoms with Gasteiger partial charge in [-0.05, 0) is 12.5 Å². The number of hydrogen-bond acceptors (Lipinski definition) is 4. The number of aliphatic imine (C=N–C) groups is 1. The zero-order valence-corrected chi connectivity index (χ0v) is 14.5. The average Bonchev–Trinajstić information content (AvgIpc) is 2.47. The fraction of sp³-hybridized carbons (Fsp3) is 0.462. The van der Waals surface area contributed by atoms with Crippen molar-refractivity contribution in [2.24, 2.45) is 4.99 Å². The largest absolute Gasteiger partial charge is 0.380 e. The molecule has 8 heteroatoms. The lowest BCUT2D eigenvalue weighted by Crippen LogP contribution is -2.38. The fourth-order valence-electron chi connectivity index (χ4n) is 1.53. The Kier molecular flexibility index (Phi) is 10.5. The first-order valence-electron chi connectivity index (χ1n) is 6.43. The molecule has 7 nitrogen and oxygen atoms in total. The molecule has 21 heavy (non-hydrogen) atoms. The second kappa shape index (κ2) is 11.3. The minimum atomic E-state index is -0.411. The summed E-state index contributed by atoms with van der Waals surface area (Å²) in [6.07, 6.45) is 0. The number of benzene rings is 1. The van der Waals surface area contributed by atoms with Crippen molar-refractivity contribution in [3.63, 3.8) is 0 Å². The third-order valence-electron chi connectivity index (χ3n) is 2.57. The highest BCUT2D eigenvalue weighted by Gasteiger charge is 2.04. The Morgan fingerprint density at radius 1 is 1.33 bits per heavy atom. The number of ether oxygens (including phenoxy) is 1. The molecule has 0 saturated carbocycles. The number of nitro benzene ring substituents is 1. The second-order valence-electron chi connectivity index (χ2n) is 3.97. The molecule has 0 aliphatic carbocycles. The zero-order valence-electron chi connectivity index (χ0n) is 12.2. The van der Waals surface area contributed by atoms with Gasteiger partial charge in [-0.2, -0.15) is 0 Å². The summed E-state index contributed by atoms with van der Waals surface area (Å²) >= 11 is 0. The number of nitrogens with zero attached hydrogens (tertiary/aromatic N) is 2. The van der Waals surface area contributed by atoms with Crippen LogP contribution in [0.5, 0.6) is 0 Å². The van der Waals surface area contributed by atoms with Crippen LogP contribution in [0.15, 0.2) is 29.3 Å². The van der Waals surface area contributed by atoms with E-state index >= 15 is 0 Å². The van der Waals surface area contributed by atoms with Gasteiger partial charge in [0.2, 0.25) is 0 Å². The van der Waals surface area contributed by atoms with Crippen molar-refractivity contribution in [3.05, 3.63) is 39.9 Å². The van der Waals surface area contributed by atoms with Crippen LogP contribution in [0.3, 0.4) is 0 Å². The van der Waals surface area contributed by atoms with E-state index in [9.17, 15) is 10.1 Å². The number of hydrogen-bond donors (Lipinski definition) is 2. The number of rotatable bonds is 7. The van der Waals surface area contributed by atoms with Gasteiger partial charge in [-0.15, -0.1) is 24.0 Å². The summed E-state index contributed by atoms with van der Waals surface area (Å²) < 4.78 is 5.22. The molecule has 0 fully saturated rings. The molecule has 0 unspecified atom stereocenters. The van der Waals surface area contributed by atoms with E-state index in [2.05, 4.69) is 15.6 Å². The van der Waals surface area contributed by atoms with Gasteiger partial charge in [-0.3, -0.25) is 15.1 Å². The number of nitrogens with one attached hydrogen (secondary N) is 2. The van der Waals surface area contributed by atoms with Gasteiger partial charge in [0.1, 0.15) is 0 Å². The summed E-state index contributed by atoms with van der Waals surface area (Å²) in [5.41, 5.74) is 1.04. The summed E-state index contributed by atoms with van der Waals surface area (Å²) in [6, 6.07) is 6.42. The maximum atomic E-state index is 10.5. The van der Waals surface area contributed by atoms with Gasteiger partial charge in [0.15, 0.2) is 5.96 Å². The van der Waals surface area contributed by atoms with Crippen molar-refractivity contribution in [2.75, 3.05) is 26.8 Å². The highest BCUT2D eigenvalue weighted by molar-refractivity contribution is 14.0. The highest BCUT2D eigenvalue weighted by atomic mass is 127. The van der Waals surface area contributed by atoms with Gasteiger partial charge in [-0.25, -0.2) is 0 Å². The third-order valence-corrected chi connectivity index (χ3v) is 2.57. The molecule has 0 saturated heterocycles. The minimum Gasteiger partial charge on any atom is -0.380 e. The van der Waals surface area contributed by atoms with Crippen LogP contribution >= 0.6 is 24.0 Å². The molecule has 1 rings (SSSR count). The van der Waals surface area contributed by atoms with Crippen LogP contribution in [-0.2, 0) is 11.3 Å². The van der Waals surface area contributed by atoms with Crippen LogP contribution < -0.4 is 10.6 Å². The van der Waals surface area contributed by atoms with Crippen LogP contribution in [0.25, 0.3) is 0 Å². The predicted octanol–water partition coefficient (Wildman–Crippen LogP) is 1.91. The summed E-state index contributed by atoms with van der Waals surface area (Å²) in [6.45, 7) is 4.48. The van der Waals surface area contributed by atoms with Crippen molar-refractivity contribution in [3.8, 4) is 0 Å². The number of non-ortho nitro benzene ring substituents is 1. The summed E-state index contributed by atoms with van der Waals surface area (Å²) in [5, 5.41) is 16.8. The second-order valence-corrected chi connectivity index (χ2v) is 3.97. The Balaban J connectivity index is 0.00000400. The average molecular weight is 408 g/mol. The quantitative estimate of drug-likeness (QED) is 0.180. The van der Waals surface area contributed by atoms with Gasteiger partial charge in [0, 0.05) is 38.9 Å². The molecule has 1 aromatic rings. The summed E-state index contributed by atoms with van der Waals surface area (Å²) in [4.78, 5) is 14.2. The Morgan fingerprint density at radius 2 is 2.00 bits per heavy atom. The fourth-order valence-corrected chi connectivity index (χ4v) is 1.53. The van der Waals surface area contributed by atoms with E-state index in [0.717, 1.165) is 5.56 Å². The molecule has 0 radical (unpaired) electrons. The molecule has 0 amide bonds. The molecule has 118 valence electrons. The van der Waals surface area contributed by atoms with Crippen molar-refractivity contribution in [1.29, 1.82) is 0 Å². The van der Waals surface area contributed by atoms with E-state index in [0.29, 0.717) is 32.3 Å². The molecular weight excluding hydrogens is 387 g/mol. The lowest BCUT2D eigenvalue weighted by Gasteiger charge is -2.11. The van der Waals surface area contributed by atoms with Crippen molar-refractivity contribution < 1.29 is 9.66 Å². The molecule has 1 aromatic carbocycles. The Hall–Kier alpha value is -1.42. The van der Waals surface area contributed by atoms with Gasteiger partial charge < -0.3 is 15.4 Å². The predicted molar refractivity (Wildman–Crippen MR) is 93.2 cm³/mol. The van der Waals surface area contributed by atoms with Gasteiger partial charge in [0.25, 0.3) is 5.69 Å². The molecule has 0 aromatic heterocycles. The lowest BCUT2D eigenvalue weighted by molar-refractivity contribution is -0.384. The lowest BCUT2D eigenvalue weighted by atomic mass is 10.2. The first-order valence-corrected chi connectivity index (χ1v) is 6.43. The SMILES string of the molecule is CCOCCNC(=NC)NCc1ccc([N+](=O)[O-])cc1.I. The first-order chi connectivity index (χ1) is 9.67. The molecule has 0 spiro atoms. The van der Waals surface area contributed by atoms with Gasteiger partial charge >= 0.3 is 0 Å². The summed E-state index contributed by atoms with van der Waals surface area (Å²) in [5.74, 6) is 0.669. The molecule has 0 aliphatic heterocycles. The van der Waals surface area contributed by atoms with Crippen LogP contribution in [-0.4, -0.2) is 37.7 Å². The Labute approximate surface area is 141 Å². The van der Waals surface area contributed by atoms with Crippen molar-refractivity contribution >= 4 is 35.6 Å². The maximum Gasteiger partial charge on any atom is 0.269 e. The van der Waals surface area contributed by atoms with Crippen LogP contribution in [0.1, 0.15) is 12.5 Å². The third kappa shape index (κ3) is 7.81. The standard InChI is InChI=1S/C13H20N4O3.HI/c1-3-20-9-8-15-13(14-2)16-10-11-4-6-12(7-5-11)17(18)19;/h4-7H,3,8-10H2,1-2H3,(H2,14,15,16);1H. The number of halogens is 1. The number of nitro groups is 1. The van der Waals surface area contributed by atoms with E-state index in [-0.39, 0.29) is 29.7 Å². The molecule has 0 heterocycles. The monoisotopic (exact) mass is 408 g/mol. The summed E-state index contributed by atoms with van der Waals surface area (Å²) in [7, 11) is 1.69. The van der Waals surface area contributed by atoms with Gasteiger partial charge in [0.05, 0.1) is 11.5 Å². The van der Waals surface area contributed by atoms with Crippen molar-refractivity contribution in [1.82, 2.24) is 10.6 Å². The van der Waals surface area contributed by atoms with E-state index in [1.54, 1.807) is 19.2 Å². The normalized spacial score (nSPS) is 10.7. The van der Waals surface area contributed by atoms with E-state index in [1.165, 1.54) is 12.1 Å². The molecule has 0 bridgehead atoms. The molecule has 0 aliphatic rings. The highest BCUT2D eigenvalue weighted by Crippen LogP contribution is 2.11. The molecule has 2 N–H and O–H groups in total. The van der Waals surface area contributed by atoms with Crippen LogP contribution in [0, 0.1) is 10.1 Å². The van der Waals surface area contributed by atoms with E-state index in [1.807, 2.05) is 6.92 Å². The maximum absolute atomic E-state index is 10.5. The molecular formula is C13H21IN4O3. The van der Waals surface area contributed by atoms with Crippen molar-refractivity contribution in [2.45, 2.75) is 13.5 Å². The minimum absolute atomic E-state index is 0. The van der Waals surface area contributed by atoms with Crippen LogP contribution in [0.4, 0.5) is 5.69 Å². The van der Waals surface area contributed by atoms with Crippen LogP contribution in [0.2, 0.25) is 0 Å². The smallest absolute Gasteiger partial charge is 0.269 e. The number of guanidine groups is 1. The topological polar surface area (TPSA) is 88.8 Å². The zero-order chi connectivity index (χ0) is 14.8. The van der Waals surface area contributed by atoms with Gasteiger partial charge in [-0.1, -0.05) is 12.1 Å².